The summed E-state index contributed by atoms with van der Waals surface area (Å²) in [5, 5.41) is 0.357. The maximum absolute atomic E-state index is 14.0. The van der Waals surface area contributed by atoms with E-state index >= 15 is 0 Å². The number of aromatic amines is 1. The Bertz CT molecular complexity index is 1130. The second-order valence-corrected chi connectivity index (χ2v) is 10.0. The van der Waals surface area contributed by atoms with Gasteiger partial charge in [0.2, 0.25) is 0 Å². The first-order valence-electron chi connectivity index (χ1n) is 11.2. The fourth-order valence-corrected chi connectivity index (χ4v) is 5.94. The molecule has 0 spiro atoms. The lowest BCUT2D eigenvalue weighted by Gasteiger charge is -2.40. The zero-order valence-electron chi connectivity index (χ0n) is 18.7. The second kappa shape index (κ2) is 8.57. The van der Waals surface area contributed by atoms with E-state index in [4.69, 9.17) is 4.74 Å². The molecule has 8 heteroatoms. The summed E-state index contributed by atoms with van der Waals surface area (Å²) in [6.07, 6.45) is 3.67. The van der Waals surface area contributed by atoms with Crippen molar-refractivity contribution in [3.8, 4) is 5.75 Å². The molecule has 6 nitrogen and oxygen atoms in total. The number of benzene rings is 2. The zero-order valence-corrected chi connectivity index (χ0v) is 19.5. The molecule has 5 rings (SSSR count). The summed E-state index contributed by atoms with van der Waals surface area (Å²) >= 11 is -1.39. The summed E-state index contributed by atoms with van der Waals surface area (Å²) in [5.74, 6) is 0.0179. The van der Waals surface area contributed by atoms with Crippen molar-refractivity contribution in [1.29, 1.82) is 0 Å². The van der Waals surface area contributed by atoms with Gasteiger partial charge in [-0.15, -0.1) is 0 Å². The molecule has 0 radical (unpaired) electrons. The molecule has 0 saturated heterocycles. The van der Waals surface area contributed by atoms with Crippen LogP contribution in [0.1, 0.15) is 43.4 Å². The number of H-pyrrole nitrogens is 1. The lowest BCUT2D eigenvalue weighted by atomic mass is 9.92. The molecule has 2 aromatic carbocycles. The maximum atomic E-state index is 14.0. The van der Waals surface area contributed by atoms with Gasteiger partial charge in [-0.05, 0) is 38.8 Å². The van der Waals surface area contributed by atoms with Crippen molar-refractivity contribution in [2.75, 3.05) is 32.1 Å². The third-order valence-corrected chi connectivity index (χ3v) is 7.93. The topological polar surface area (TPSA) is 67.4 Å². The Labute approximate surface area is 190 Å². The van der Waals surface area contributed by atoms with Crippen LogP contribution in [-0.4, -0.2) is 52.7 Å². The quantitative estimate of drug-likeness (QED) is 0.535. The summed E-state index contributed by atoms with van der Waals surface area (Å²) in [6, 6.07) is 10.3. The van der Waals surface area contributed by atoms with Crippen molar-refractivity contribution in [2.45, 2.75) is 49.2 Å². The molecule has 0 amide bonds. The van der Waals surface area contributed by atoms with Crippen molar-refractivity contribution < 1.29 is 13.7 Å². The Morgan fingerprint density at radius 1 is 1.31 bits per heavy atom. The van der Waals surface area contributed by atoms with Crippen molar-refractivity contribution in [3.63, 3.8) is 0 Å². The highest BCUT2D eigenvalue weighted by molar-refractivity contribution is 7.90. The molecule has 2 unspecified atom stereocenters. The molecule has 1 N–H and O–H groups in total. The zero-order chi connectivity index (χ0) is 22.4. The normalized spacial score (nSPS) is 19.4. The summed E-state index contributed by atoms with van der Waals surface area (Å²) in [7, 11) is 3.66. The molecule has 2 aliphatic rings. The van der Waals surface area contributed by atoms with Crippen LogP contribution >= 0.6 is 0 Å². The number of methoxy groups -OCH3 is 1. The molecular formula is C24H29FN4O2S. The number of ether oxygens (including phenoxy) is 1. The fraction of sp³-hybridized carbons (Fsp3) is 0.458. The molecule has 1 saturated carbocycles. The molecule has 170 valence electrons. The number of nitrogens with one attached hydrogen (secondary N) is 1. The highest BCUT2D eigenvalue weighted by atomic mass is 32.2. The van der Waals surface area contributed by atoms with Crippen LogP contribution in [0.25, 0.3) is 11.0 Å². The Morgan fingerprint density at radius 3 is 2.84 bits per heavy atom. The van der Waals surface area contributed by atoms with E-state index in [2.05, 4.69) is 51.9 Å². The molecule has 2 atom stereocenters. The van der Waals surface area contributed by atoms with Crippen LogP contribution in [0.5, 0.6) is 5.75 Å². The van der Waals surface area contributed by atoms with Gasteiger partial charge in [0.25, 0.3) is 0 Å². The third-order valence-electron chi connectivity index (χ3n) is 6.73. The van der Waals surface area contributed by atoms with Gasteiger partial charge in [0.1, 0.15) is 5.75 Å². The second-order valence-electron chi connectivity index (χ2n) is 8.67. The van der Waals surface area contributed by atoms with Gasteiger partial charge in [-0.25, -0.2) is 4.39 Å². The molecule has 1 fully saturated rings. The van der Waals surface area contributed by atoms with Crippen LogP contribution in [0.15, 0.2) is 35.5 Å². The predicted octanol–water partition coefficient (Wildman–Crippen LogP) is 4.38. The average molecular weight is 457 g/mol. The van der Waals surface area contributed by atoms with E-state index in [0.717, 1.165) is 25.1 Å². The van der Waals surface area contributed by atoms with Crippen LogP contribution in [0.3, 0.4) is 0 Å². The van der Waals surface area contributed by atoms with E-state index in [1.54, 1.807) is 6.07 Å². The van der Waals surface area contributed by atoms with Crippen molar-refractivity contribution in [2.24, 2.45) is 0 Å². The minimum atomic E-state index is -1.39. The van der Waals surface area contributed by atoms with Gasteiger partial charge in [0.15, 0.2) is 11.6 Å². The van der Waals surface area contributed by atoms with E-state index in [0.29, 0.717) is 34.0 Å². The molecule has 0 bridgehead atoms. The van der Waals surface area contributed by atoms with Crippen molar-refractivity contribution >= 4 is 27.9 Å². The fourth-order valence-electron chi connectivity index (χ4n) is 4.87. The Balaban J connectivity index is 1.46. The average Bonchev–Trinajstić information content (AvgIpc) is 3.57. The highest BCUT2D eigenvalue weighted by Crippen LogP contribution is 2.43. The van der Waals surface area contributed by atoms with Crippen LogP contribution < -0.4 is 9.64 Å². The lowest BCUT2D eigenvalue weighted by molar-refractivity contribution is 0.219. The molecule has 1 aliphatic heterocycles. The predicted molar refractivity (Wildman–Crippen MR) is 125 cm³/mol. The minimum absolute atomic E-state index is 0.139. The van der Waals surface area contributed by atoms with E-state index in [9.17, 15) is 8.94 Å². The number of fused-ring (bicyclic) bond motifs is 2. The molecular weight excluding hydrogens is 427 g/mol. The number of para-hydroxylation sites is 1. The Hall–Kier alpha value is -2.29. The van der Waals surface area contributed by atoms with Crippen LogP contribution in [0.2, 0.25) is 0 Å². The number of anilines is 1. The first-order valence-corrected chi connectivity index (χ1v) is 12.5. The molecule has 1 aromatic heterocycles. The van der Waals surface area contributed by atoms with E-state index in [1.807, 2.05) is 0 Å². The summed E-state index contributed by atoms with van der Waals surface area (Å²) in [6.45, 7) is 4.09. The molecule has 2 heterocycles. The van der Waals surface area contributed by atoms with Gasteiger partial charge in [-0.3, -0.25) is 9.88 Å². The number of hydrogen-bond acceptors (Lipinski definition) is 5. The van der Waals surface area contributed by atoms with Crippen molar-refractivity contribution in [3.05, 3.63) is 47.3 Å². The highest BCUT2D eigenvalue weighted by Gasteiger charge is 2.36. The Morgan fingerprint density at radius 2 is 2.12 bits per heavy atom. The van der Waals surface area contributed by atoms with Gasteiger partial charge in [-0.1, -0.05) is 18.2 Å². The monoisotopic (exact) mass is 456 g/mol. The number of imidazole rings is 1. The SMILES string of the molecule is CCN1CCC(N(C)C2CC2)c2cccc(C[S+]([O-])c3nc4cc(F)c(OC)cc4[nH]3)c21. The summed E-state index contributed by atoms with van der Waals surface area (Å²) in [5.41, 5.74) is 4.68. The van der Waals surface area contributed by atoms with Crippen LogP contribution in [-0.2, 0) is 16.9 Å². The number of rotatable bonds is 7. The number of aromatic nitrogens is 2. The molecule has 1 aliphatic carbocycles. The van der Waals surface area contributed by atoms with Crippen LogP contribution in [0.4, 0.5) is 10.1 Å². The van der Waals surface area contributed by atoms with Gasteiger partial charge in [0.05, 0.1) is 18.1 Å². The van der Waals surface area contributed by atoms with Crippen molar-refractivity contribution in [1.82, 2.24) is 14.9 Å². The first-order chi connectivity index (χ1) is 15.5. The van der Waals surface area contributed by atoms with Gasteiger partial charge < -0.3 is 14.2 Å². The minimum Gasteiger partial charge on any atom is -0.609 e. The first kappa shape index (κ1) is 21.6. The van der Waals surface area contributed by atoms with E-state index in [-0.39, 0.29) is 5.75 Å². The molecule has 32 heavy (non-hydrogen) atoms. The third kappa shape index (κ3) is 3.84. The van der Waals surface area contributed by atoms with Gasteiger partial charge in [0, 0.05) is 59.7 Å². The maximum Gasteiger partial charge on any atom is 0.321 e. The van der Waals surface area contributed by atoms with E-state index in [1.165, 1.54) is 37.3 Å². The summed E-state index contributed by atoms with van der Waals surface area (Å²) < 4.78 is 32.4. The Kier molecular flexibility index (Phi) is 5.77. The summed E-state index contributed by atoms with van der Waals surface area (Å²) in [4.78, 5) is 12.4. The lowest BCUT2D eigenvalue weighted by Crippen LogP contribution is -2.38. The largest absolute Gasteiger partial charge is 0.609 e. The van der Waals surface area contributed by atoms with Gasteiger partial charge in [-0.2, -0.15) is 4.98 Å². The van der Waals surface area contributed by atoms with Gasteiger partial charge >= 0.3 is 5.16 Å². The van der Waals surface area contributed by atoms with Crippen LogP contribution in [0, 0.1) is 5.82 Å². The number of hydrogen-bond donors (Lipinski definition) is 1. The number of nitrogens with zero attached hydrogens (tertiary/aromatic N) is 3. The smallest absolute Gasteiger partial charge is 0.321 e. The molecule has 3 aromatic rings. The number of halogens is 1. The van der Waals surface area contributed by atoms with E-state index < -0.39 is 17.0 Å². The standard InChI is InChI=1S/C24H29FN4O2S/c1-4-29-11-10-21(28(2)16-8-9-16)17-7-5-6-15(23(17)29)14-32(30)24-26-19-12-18(25)22(31-3)13-20(19)27-24/h5-7,12-13,16,21H,4,8-11,14H2,1-3H3,(H,26,27).